The Balaban J connectivity index is 1.87. The van der Waals surface area contributed by atoms with Gasteiger partial charge in [0.2, 0.25) is 0 Å². The van der Waals surface area contributed by atoms with Gasteiger partial charge in [-0.2, -0.15) is 0 Å². The molecule has 0 bridgehead atoms. The largest absolute Gasteiger partial charge is 0.573 e. The van der Waals surface area contributed by atoms with Gasteiger partial charge in [-0.15, -0.1) is 13.2 Å². The Morgan fingerprint density at radius 2 is 1.56 bits per heavy atom. The summed E-state index contributed by atoms with van der Waals surface area (Å²) in [5.41, 5.74) is 2.43. The molecule has 0 radical (unpaired) electrons. The number of rotatable bonds is 6. The summed E-state index contributed by atoms with van der Waals surface area (Å²) in [5, 5.41) is 2.72. The van der Waals surface area contributed by atoms with E-state index in [2.05, 4.69) is 14.8 Å². The van der Waals surface area contributed by atoms with Crippen molar-refractivity contribution >= 4 is 27.3 Å². The highest BCUT2D eigenvalue weighted by molar-refractivity contribution is 7.92. The van der Waals surface area contributed by atoms with Gasteiger partial charge in [0.15, 0.2) is 0 Å². The van der Waals surface area contributed by atoms with Crippen molar-refractivity contribution in [1.82, 2.24) is 0 Å². The van der Waals surface area contributed by atoms with Gasteiger partial charge in [0, 0.05) is 11.8 Å². The van der Waals surface area contributed by atoms with Crippen molar-refractivity contribution in [2.45, 2.75) is 25.1 Å². The summed E-state index contributed by atoms with van der Waals surface area (Å²) in [5.74, 6) is -1.23. The zero-order valence-electron chi connectivity index (χ0n) is 17.0. The summed E-state index contributed by atoms with van der Waals surface area (Å²) < 4.78 is 68.9. The third-order valence-corrected chi connectivity index (χ3v) is 5.61. The maximum atomic E-state index is 12.8. The fourth-order valence-corrected chi connectivity index (χ4v) is 4.17. The fraction of sp³-hybridized carbons (Fsp3) is 0.136. The monoisotopic (exact) mass is 464 g/mol. The lowest BCUT2D eigenvalue weighted by Crippen LogP contribution is -2.19. The van der Waals surface area contributed by atoms with Gasteiger partial charge in [0.25, 0.3) is 15.9 Å². The first-order valence-corrected chi connectivity index (χ1v) is 10.8. The number of carbonyl (C=O) groups excluding carboxylic acids is 1. The van der Waals surface area contributed by atoms with E-state index in [4.69, 9.17) is 0 Å². The normalized spacial score (nSPS) is 11.7. The summed E-state index contributed by atoms with van der Waals surface area (Å²) in [6.45, 7) is 3.75. The van der Waals surface area contributed by atoms with Crippen molar-refractivity contribution in [2.24, 2.45) is 0 Å². The Labute approximate surface area is 183 Å². The molecule has 168 valence electrons. The summed E-state index contributed by atoms with van der Waals surface area (Å²) in [6.07, 6.45) is -4.96. The lowest BCUT2D eigenvalue weighted by atomic mass is 10.1. The Morgan fingerprint density at radius 3 is 2.22 bits per heavy atom. The molecule has 6 nitrogen and oxygen atoms in total. The number of alkyl halides is 3. The second kappa shape index (κ2) is 8.91. The highest BCUT2D eigenvalue weighted by Crippen LogP contribution is 2.27. The van der Waals surface area contributed by atoms with E-state index in [0.29, 0.717) is 5.69 Å². The first-order chi connectivity index (χ1) is 14.9. The standard InChI is InChI=1S/C22H19F3N2O4S/c1-14-10-15(2)12-16(11-14)26-21(28)19-8-3-4-9-20(19)27-32(29,30)18-7-5-6-17(13-18)31-22(23,24)25/h3-13,27H,1-2H3,(H,26,28). The first kappa shape index (κ1) is 23.1. The lowest BCUT2D eigenvalue weighted by Gasteiger charge is -2.14. The summed E-state index contributed by atoms with van der Waals surface area (Å²) in [6, 6.07) is 15.3. The number of nitrogens with one attached hydrogen (secondary N) is 2. The van der Waals surface area contributed by atoms with Crippen LogP contribution < -0.4 is 14.8 Å². The van der Waals surface area contributed by atoms with Crippen LogP contribution in [0.1, 0.15) is 21.5 Å². The molecule has 0 fully saturated rings. The molecule has 10 heteroatoms. The molecule has 0 heterocycles. The average Bonchev–Trinajstić information content (AvgIpc) is 2.66. The quantitative estimate of drug-likeness (QED) is 0.522. The summed E-state index contributed by atoms with van der Waals surface area (Å²) in [7, 11) is -4.31. The van der Waals surface area contributed by atoms with Crippen LogP contribution in [-0.2, 0) is 10.0 Å². The number of carbonyl (C=O) groups is 1. The van der Waals surface area contributed by atoms with E-state index in [1.165, 1.54) is 18.2 Å². The Hall–Kier alpha value is -3.53. The number of halogens is 3. The second-order valence-electron chi connectivity index (χ2n) is 7.00. The Bertz CT molecular complexity index is 1240. The minimum absolute atomic E-state index is 0.0310. The van der Waals surface area contributed by atoms with Crippen LogP contribution in [0.2, 0.25) is 0 Å². The molecule has 0 aromatic heterocycles. The molecule has 3 aromatic rings. The van der Waals surface area contributed by atoms with Crippen LogP contribution in [-0.4, -0.2) is 20.7 Å². The van der Waals surface area contributed by atoms with E-state index in [0.717, 1.165) is 35.4 Å². The van der Waals surface area contributed by atoms with Crippen molar-refractivity contribution in [3.63, 3.8) is 0 Å². The summed E-state index contributed by atoms with van der Waals surface area (Å²) in [4.78, 5) is 12.3. The number of aryl methyl sites for hydroxylation is 2. The van der Waals surface area contributed by atoms with Gasteiger partial charge in [0.1, 0.15) is 5.75 Å². The molecule has 0 aliphatic carbocycles. The topological polar surface area (TPSA) is 84.5 Å². The predicted molar refractivity (Wildman–Crippen MR) is 114 cm³/mol. The third kappa shape index (κ3) is 6.01. The van der Waals surface area contributed by atoms with Crippen molar-refractivity contribution in [3.8, 4) is 5.75 Å². The van der Waals surface area contributed by atoms with Gasteiger partial charge in [0.05, 0.1) is 16.1 Å². The Kier molecular flexibility index (Phi) is 6.45. The van der Waals surface area contributed by atoms with Crippen LogP contribution in [0.25, 0.3) is 0 Å². The number of hydrogen-bond acceptors (Lipinski definition) is 4. The van der Waals surface area contributed by atoms with Gasteiger partial charge < -0.3 is 10.1 Å². The molecule has 0 aliphatic heterocycles. The molecule has 0 saturated carbocycles. The minimum atomic E-state index is -4.96. The molecular formula is C22H19F3N2O4S. The number of sulfonamides is 1. The molecular weight excluding hydrogens is 445 g/mol. The van der Waals surface area contributed by atoms with E-state index in [9.17, 15) is 26.4 Å². The number of amides is 1. The average molecular weight is 464 g/mol. The van der Waals surface area contributed by atoms with Crippen LogP contribution in [0.4, 0.5) is 24.5 Å². The van der Waals surface area contributed by atoms with Gasteiger partial charge in [-0.05, 0) is 61.4 Å². The molecule has 1 amide bonds. The van der Waals surface area contributed by atoms with Crippen LogP contribution in [0.3, 0.4) is 0 Å². The third-order valence-electron chi connectivity index (χ3n) is 4.24. The maximum absolute atomic E-state index is 12.8. The highest BCUT2D eigenvalue weighted by Gasteiger charge is 2.31. The van der Waals surface area contributed by atoms with Crippen LogP contribution in [0.15, 0.2) is 71.6 Å². The first-order valence-electron chi connectivity index (χ1n) is 9.30. The summed E-state index contributed by atoms with van der Waals surface area (Å²) >= 11 is 0. The Morgan fingerprint density at radius 1 is 0.906 bits per heavy atom. The molecule has 0 atom stereocenters. The van der Waals surface area contributed by atoms with E-state index >= 15 is 0 Å². The number of anilines is 2. The van der Waals surface area contributed by atoms with E-state index in [1.807, 2.05) is 19.9 Å². The molecule has 3 aromatic carbocycles. The minimum Gasteiger partial charge on any atom is -0.406 e. The number of benzene rings is 3. The van der Waals surface area contributed by atoms with Crippen molar-refractivity contribution in [2.75, 3.05) is 10.0 Å². The fourth-order valence-electron chi connectivity index (χ4n) is 3.06. The van der Waals surface area contributed by atoms with Crippen molar-refractivity contribution in [1.29, 1.82) is 0 Å². The van der Waals surface area contributed by atoms with E-state index < -0.39 is 32.9 Å². The number of hydrogen-bond donors (Lipinski definition) is 2. The van der Waals surface area contributed by atoms with Gasteiger partial charge >= 0.3 is 6.36 Å². The van der Waals surface area contributed by atoms with Crippen LogP contribution >= 0.6 is 0 Å². The zero-order valence-corrected chi connectivity index (χ0v) is 17.8. The maximum Gasteiger partial charge on any atom is 0.573 e. The molecule has 0 saturated heterocycles. The van der Waals surface area contributed by atoms with Crippen LogP contribution in [0.5, 0.6) is 5.75 Å². The molecule has 3 rings (SSSR count). The van der Waals surface area contributed by atoms with Gasteiger partial charge in [-0.3, -0.25) is 9.52 Å². The molecule has 32 heavy (non-hydrogen) atoms. The van der Waals surface area contributed by atoms with Crippen LogP contribution in [0, 0.1) is 13.8 Å². The second-order valence-corrected chi connectivity index (χ2v) is 8.69. The van der Waals surface area contributed by atoms with Gasteiger partial charge in [-0.1, -0.05) is 24.3 Å². The molecule has 0 unspecified atom stereocenters. The molecule has 0 aliphatic rings. The zero-order chi connectivity index (χ0) is 23.5. The van der Waals surface area contributed by atoms with E-state index in [-0.39, 0.29) is 11.3 Å². The number of para-hydroxylation sites is 1. The van der Waals surface area contributed by atoms with Crippen molar-refractivity contribution in [3.05, 3.63) is 83.4 Å². The SMILES string of the molecule is Cc1cc(C)cc(NC(=O)c2ccccc2NS(=O)(=O)c2cccc(OC(F)(F)F)c2)c1. The molecule has 0 spiro atoms. The predicted octanol–water partition coefficient (Wildman–Crippen LogP) is 5.26. The van der Waals surface area contributed by atoms with Gasteiger partial charge in [-0.25, -0.2) is 8.42 Å². The highest BCUT2D eigenvalue weighted by atomic mass is 32.2. The molecule has 2 N–H and O–H groups in total. The lowest BCUT2D eigenvalue weighted by molar-refractivity contribution is -0.274. The van der Waals surface area contributed by atoms with Crippen molar-refractivity contribution < 1.29 is 31.1 Å². The number of ether oxygens (including phenoxy) is 1. The smallest absolute Gasteiger partial charge is 0.406 e. The van der Waals surface area contributed by atoms with E-state index in [1.54, 1.807) is 18.2 Å².